The summed E-state index contributed by atoms with van der Waals surface area (Å²) < 4.78 is 6.29. The Bertz CT molecular complexity index is 515. The number of aromatic nitrogens is 2. The maximum atomic E-state index is 12.2. The minimum atomic E-state index is -0.474. The second-order valence-electron chi connectivity index (χ2n) is 6.67. The first-order chi connectivity index (χ1) is 10.2. The second kappa shape index (κ2) is 6.81. The lowest BCUT2D eigenvalue weighted by molar-refractivity contribution is 0.0176. The molecule has 0 aliphatic carbocycles. The topological polar surface area (TPSA) is 67.3 Å². The molecule has 1 saturated heterocycles. The van der Waals surface area contributed by atoms with Crippen LogP contribution in [0.5, 0.6) is 0 Å². The van der Waals surface area contributed by atoms with E-state index < -0.39 is 5.60 Å². The van der Waals surface area contributed by atoms with Crippen LogP contribution in [0.4, 0.5) is 10.7 Å². The minimum absolute atomic E-state index is 0.113. The number of halogens is 1. The van der Waals surface area contributed by atoms with E-state index in [2.05, 4.69) is 38.1 Å². The van der Waals surface area contributed by atoms with Crippen molar-refractivity contribution in [2.45, 2.75) is 45.8 Å². The Kier molecular flexibility index (Phi) is 5.26. The van der Waals surface area contributed by atoms with Crippen molar-refractivity contribution in [1.29, 1.82) is 0 Å². The van der Waals surface area contributed by atoms with Gasteiger partial charge in [-0.25, -0.2) is 14.8 Å². The van der Waals surface area contributed by atoms with Crippen molar-refractivity contribution in [3.05, 3.63) is 16.9 Å². The Labute approximate surface area is 139 Å². The molecule has 1 aliphatic rings. The first-order valence-electron chi connectivity index (χ1n) is 7.46. The highest BCUT2D eigenvalue weighted by Crippen LogP contribution is 2.22. The smallest absolute Gasteiger partial charge is 0.410 e. The zero-order valence-corrected chi connectivity index (χ0v) is 15.1. The molecule has 6 nitrogen and oxygen atoms in total. The zero-order chi connectivity index (χ0) is 16.3. The summed E-state index contributed by atoms with van der Waals surface area (Å²) in [6.45, 7) is 9.11. The number of nitrogens with one attached hydrogen (secondary N) is 1. The van der Waals surface area contributed by atoms with Crippen LogP contribution < -0.4 is 5.32 Å². The van der Waals surface area contributed by atoms with Gasteiger partial charge in [0.05, 0.1) is 4.47 Å². The molecule has 2 heterocycles. The van der Waals surface area contributed by atoms with Crippen LogP contribution in [0.15, 0.2) is 16.9 Å². The maximum absolute atomic E-state index is 12.2. The molecular weight excluding hydrogens is 348 g/mol. The molecule has 1 aromatic rings. The van der Waals surface area contributed by atoms with Gasteiger partial charge in [-0.1, -0.05) is 6.92 Å². The monoisotopic (exact) mass is 370 g/mol. The number of carbonyl (C=O) groups excluding carboxylic acids is 1. The predicted molar refractivity (Wildman–Crippen MR) is 88.7 cm³/mol. The Hall–Kier alpha value is -1.37. The Morgan fingerprint density at radius 3 is 2.64 bits per heavy atom. The lowest BCUT2D eigenvalue weighted by Gasteiger charge is -2.38. The van der Waals surface area contributed by atoms with Gasteiger partial charge in [-0.3, -0.25) is 0 Å². The van der Waals surface area contributed by atoms with Crippen molar-refractivity contribution < 1.29 is 9.53 Å². The largest absolute Gasteiger partial charge is 0.444 e. The number of likely N-dealkylation sites (tertiary alicyclic amines) is 1. The van der Waals surface area contributed by atoms with Crippen molar-refractivity contribution >= 4 is 28.0 Å². The number of hydrogen-bond donors (Lipinski definition) is 1. The molecule has 1 amide bonds. The van der Waals surface area contributed by atoms with Crippen LogP contribution >= 0.6 is 15.9 Å². The number of anilines is 1. The third-order valence-corrected chi connectivity index (χ3v) is 3.95. The average molecular weight is 371 g/mol. The second-order valence-corrected chi connectivity index (χ2v) is 7.58. The highest BCUT2D eigenvalue weighted by molar-refractivity contribution is 9.10. The zero-order valence-electron chi connectivity index (χ0n) is 13.5. The van der Waals surface area contributed by atoms with Crippen LogP contribution in [0.3, 0.4) is 0 Å². The molecular formula is C15H23BrN4O2. The number of nitrogens with zero attached hydrogens (tertiary/aromatic N) is 3. The first-order valence-corrected chi connectivity index (χ1v) is 8.26. The number of hydrogen-bond acceptors (Lipinski definition) is 5. The standard InChI is InChI=1S/C15H23BrN4O2/c1-10-5-6-20(14(21)22-15(2,3)4)9-12(10)19-13-17-7-11(16)8-18-13/h7-8,10,12H,5-6,9H2,1-4H3,(H,17,18,19). The summed E-state index contributed by atoms with van der Waals surface area (Å²) in [7, 11) is 0. The van der Waals surface area contributed by atoms with Crippen LogP contribution in [0, 0.1) is 5.92 Å². The van der Waals surface area contributed by atoms with Crippen molar-refractivity contribution in [3.8, 4) is 0 Å². The lowest BCUT2D eigenvalue weighted by Crippen LogP contribution is -2.50. The molecule has 1 aliphatic heterocycles. The van der Waals surface area contributed by atoms with Gasteiger partial charge in [-0.2, -0.15) is 0 Å². The van der Waals surface area contributed by atoms with Gasteiger partial charge in [0.25, 0.3) is 0 Å². The minimum Gasteiger partial charge on any atom is -0.444 e. The summed E-state index contributed by atoms with van der Waals surface area (Å²) in [5, 5.41) is 3.31. The summed E-state index contributed by atoms with van der Waals surface area (Å²) in [6.07, 6.45) is 4.07. The molecule has 122 valence electrons. The van der Waals surface area contributed by atoms with Gasteiger partial charge in [0.1, 0.15) is 5.60 Å². The summed E-state index contributed by atoms with van der Waals surface area (Å²) in [5.74, 6) is 1.01. The summed E-state index contributed by atoms with van der Waals surface area (Å²) in [6, 6.07) is 0.113. The molecule has 0 spiro atoms. The molecule has 1 fully saturated rings. The number of amides is 1. The van der Waals surface area contributed by atoms with Crippen LogP contribution in [0.2, 0.25) is 0 Å². The van der Waals surface area contributed by atoms with E-state index in [-0.39, 0.29) is 12.1 Å². The highest BCUT2D eigenvalue weighted by Gasteiger charge is 2.31. The molecule has 0 aromatic carbocycles. The summed E-state index contributed by atoms with van der Waals surface area (Å²) in [4.78, 5) is 22.4. The number of carbonyl (C=O) groups is 1. The van der Waals surface area contributed by atoms with Gasteiger partial charge in [0, 0.05) is 31.5 Å². The van der Waals surface area contributed by atoms with Gasteiger partial charge < -0.3 is 15.0 Å². The third kappa shape index (κ3) is 4.83. The fraction of sp³-hybridized carbons (Fsp3) is 0.667. The third-order valence-electron chi connectivity index (χ3n) is 3.54. The molecule has 0 bridgehead atoms. The van der Waals surface area contributed by atoms with E-state index in [0.29, 0.717) is 18.4 Å². The normalized spacial score (nSPS) is 22.3. The molecule has 0 saturated carbocycles. The summed E-state index contributed by atoms with van der Waals surface area (Å²) in [5.41, 5.74) is -0.474. The highest BCUT2D eigenvalue weighted by atomic mass is 79.9. The molecule has 2 atom stereocenters. The van der Waals surface area contributed by atoms with E-state index in [1.165, 1.54) is 0 Å². The SMILES string of the molecule is CC1CCN(C(=O)OC(C)(C)C)CC1Nc1ncc(Br)cn1. The molecule has 2 unspecified atom stereocenters. The van der Waals surface area contributed by atoms with Crippen molar-refractivity contribution in [2.75, 3.05) is 18.4 Å². The van der Waals surface area contributed by atoms with E-state index in [4.69, 9.17) is 4.74 Å². The van der Waals surface area contributed by atoms with Gasteiger partial charge in [0.2, 0.25) is 5.95 Å². The Morgan fingerprint density at radius 1 is 1.41 bits per heavy atom. The van der Waals surface area contributed by atoms with Gasteiger partial charge in [-0.15, -0.1) is 0 Å². The van der Waals surface area contributed by atoms with Gasteiger partial charge >= 0.3 is 6.09 Å². The van der Waals surface area contributed by atoms with Crippen LogP contribution in [0.25, 0.3) is 0 Å². The molecule has 0 radical (unpaired) electrons. The Balaban J connectivity index is 1.98. The maximum Gasteiger partial charge on any atom is 0.410 e. The summed E-state index contributed by atoms with van der Waals surface area (Å²) >= 11 is 3.32. The van der Waals surface area contributed by atoms with E-state index in [1.54, 1.807) is 17.3 Å². The predicted octanol–water partition coefficient (Wildman–Crippen LogP) is 3.30. The number of ether oxygens (including phenoxy) is 1. The van der Waals surface area contributed by atoms with Crippen LogP contribution in [-0.2, 0) is 4.74 Å². The lowest BCUT2D eigenvalue weighted by atomic mass is 9.94. The first kappa shape index (κ1) is 17.0. The number of rotatable bonds is 2. The van der Waals surface area contributed by atoms with E-state index in [9.17, 15) is 4.79 Å². The molecule has 1 aromatic heterocycles. The fourth-order valence-corrected chi connectivity index (χ4v) is 2.51. The molecule has 1 N–H and O–H groups in total. The average Bonchev–Trinajstić information content (AvgIpc) is 2.41. The fourth-order valence-electron chi connectivity index (χ4n) is 2.30. The number of piperidine rings is 1. The molecule has 22 heavy (non-hydrogen) atoms. The van der Waals surface area contributed by atoms with E-state index >= 15 is 0 Å². The van der Waals surface area contributed by atoms with Crippen molar-refractivity contribution in [2.24, 2.45) is 5.92 Å². The molecule has 2 rings (SSSR count). The van der Waals surface area contributed by atoms with E-state index in [0.717, 1.165) is 17.4 Å². The van der Waals surface area contributed by atoms with Gasteiger partial charge in [0.15, 0.2) is 0 Å². The van der Waals surface area contributed by atoms with Crippen LogP contribution in [0.1, 0.15) is 34.1 Å². The van der Waals surface area contributed by atoms with Crippen molar-refractivity contribution in [3.63, 3.8) is 0 Å². The molecule has 7 heteroatoms. The van der Waals surface area contributed by atoms with Gasteiger partial charge in [-0.05, 0) is 49.0 Å². The van der Waals surface area contributed by atoms with Crippen molar-refractivity contribution in [1.82, 2.24) is 14.9 Å². The quantitative estimate of drug-likeness (QED) is 0.864. The van der Waals surface area contributed by atoms with E-state index in [1.807, 2.05) is 20.8 Å². The van der Waals surface area contributed by atoms with Crippen LogP contribution in [-0.4, -0.2) is 45.7 Å². The Morgan fingerprint density at radius 2 is 2.05 bits per heavy atom.